The van der Waals surface area contributed by atoms with Crippen molar-refractivity contribution >= 4 is 38.9 Å². The summed E-state index contributed by atoms with van der Waals surface area (Å²) in [6.45, 7) is 0. The van der Waals surface area contributed by atoms with Crippen LogP contribution in [-0.2, 0) is 5.41 Å². The van der Waals surface area contributed by atoms with Crippen LogP contribution in [0.25, 0.3) is 72.0 Å². The van der Waals surface area contributed by atoms with E-state index in [9.17, 15) is 0 Å². The number of benzene rings is 11. The summed E-state index contributed by atoms with van der Waals surface area (Å²) in [4.78, 5) is 2.38. The van der Waals surface area contributed by atoms with Crippen molar-refractivity contribution in [1.82, 2.24) is 4.57 Å². The van der Waals surface area contributed by atoms with E-state index in [1.807, 2.05) is 0 Å². The minimum Gasteiger partial charge on any atom is -0.310 e. The molecule has 0 saturated carbocycles. The third-order valence-corrected chi connectivity index (χ3v) is 14.3. The molecule has 11 aromatic carbocycles. The molecule has 1 aromatic heterocycles. The van der Waals surface area contributed by atoms with Gasteiger partial charge in [-0.1, -0.05) is 218 Å². The van der Waals surface area contributed by atoms with Crippen molar-refractivity contribution in [3.05, 3.63) is 301 Å². The molecular weight excluding hydrogens is 833 g/mol. The highest BCUT2D eigenvalue weighted by Crippen LogP contribution is 2.58. The van der Waals surface area contributed by atoms with Crippen LogP contribution in [0.2, 0.25) is 0 Å². The van der Waals surface area contributed by atoms with Crippen LogP contribution in [-0.4, -0.2) is 4.57 Å². The molecule has 13 rings (SSSR count). The summed E-state index contributed by atoms with van der Waals surface area (Å²) in [5, 5.41) is 2.45. The van der Waals surface area contributed by atoms with Gasteiger partial charge < -0.3 is 9.47 Å². The third-order valence-electron chi connectivity index (χ3n) is 14.3. The third kappa shape index (κ3) is 6.56. The van der Waals surface area contributed by atoms with Crippen molar-refractivity contribution in [3.63, 3.8) is 0 Å². The zero-order valence-electron chi connectivity index (χ0n) is 38.0. The average Bonchev–Trinajstić information content (AvgIpc) is 3.93. The monoisotopic (exact) mass is 878 g/mol. The van der Waals surface area contributed by atoms with Gasteiger partial charge in [0.1, 0.15) is 0 Å². The Morgan fingerprint density at radius 2 is 0.812 bits per heavy atom. The number of hydrogen-bond acceptors (Lipinski definition) is 1. The summed E-state index contributed by atoms with van der Waals surface area (Å²) in [5.41, 5.74) is 21.1. The molecule has 0 bridgehead atoms. The first-order valence-corrected chi connectivity index (χ1v) is 23.8. The van der Waals surface area contributed by atoms with Crippen LogP contribution in [0.1, 0.15) is 22.3 Å². The molecule has 1 aliphatic rings. The lowest BCUT2D eigenvalue weighted by atomic mass is 9.67. The summed E-state index contributed by atoms with van der Waals surface area (Å²) in [6.07, 6.45) is 0. The Balaban J connectivity index is 0.956. The van der Waals surface area contributed by atoms with Gasteiger partial charge in [-0.3, -0.25) is 0 Å². The molecule has 0 N–H and O–H groups in total. The van der Waals surface area contributed by atoms with Crippen LogP contribution in [0.4, 0.5) is 17.1 Å². The van der Waals surface area contributed by atoms with E-state index >= 15 is 0 Å². The van der Waals surface area contributed by atoms with Crippen LogP contribution < -0.4 is 4.90 Å². The van der Waals surface area contributed by atoms with E-state index in [2.05, 4.69) is 289 Å². The molecule has 0 atom stereocenters. The van der Waals surface area contributed by atoms with Crippen molar-refractivity contribution in [1.29, 1.82) is 0 Å². The number of fused-ring (bicyclic) bond motifs is 6. The summed E-state index contributed by atoms with van der Waals surface area (Å²) in [7, 11) is 0. The smallest absolute Gasteiger partial charge is 0.0734 e. The second-order valence-corrected chi connectivity index (χ2v) is 18.0. The molecule has 0 spiro atoms. The van der Waals surface area contributed by atoms with Crippen LogP contribution in [0.3, 0.4) is 0 Å². The fourth-order valence-corrected chi connectivity index (χ4v) is 11.3. The number of para-hydroxylation sites is 3. The first-order chi connectivity index (χ1) is 34.3. The summed E-state index contributed by atoms with van der Waals surface area (Å²) >= 11 is 0. The second-order valence-electron chi connectivity index (χ2n) is 18.0. The topological polar surface area (TPSA) is 8.17 Å². The van der Waals surface area contributed by atoms with E-state index in [0.717, 1.165) is 28.2 Å². The Hall–Kier alpha value is -8.98. The standard InChI is InChI=1S/C67H46N2/c1-5-21-47(22-6-1)48-39-42-55(43-40-48)68(54-29-11-4-12-30-54)62-36-17-14-31-56(62)51-24-19-23-49(45-51)50-41-44-64-60(46-50)58-33-15-18-37-63(58)69(64)65-38-20-34-59-57-32-13-16-35-61(57)67(66(59)65,52-25-7-2-8-26-52)53-27-9-3-10-28-53/h1-46H. The lowest BCUT2D eigenvalue weighted by molar-refractivity contribution is 0.762. The predicted octanol–water partition coefficient (Wildman–Crippen LogP) is 17.6. The van der Waals surface area contributed by atoms with Gasteiger partial charge in [-0.05, 0) is 116 Å². The quantitative estimate of drug-likeness (QED) is 0.140. The maximum absolute atomic E-state index is 2.52. The Morgan fingerprint density at radius 1 is 0.304 bits per heavy atom. The summed E-state index contributed by atoms with van der Waals surface area (Å²) in [5.74, 6) is 0. The van der Waals surface area contributed by atoms with Crippen LogP contribution in [0.5, 0.6) is 0 Å². The maximum atomic E-state index is 2.52. The SMILES string of the molecule is c1ccc(-c2ccc(N(c3ccccc3)c3ccccc3-c3cccc(-c4ccc5c(c4)c4ccccc4n5-c4cccc5c4C(c4ccccc4)(c4ccccc4)c4ccccc4-5)c3)cc2)cc1. The Kier molecular flexibility index (Phi) is 9.77. The highest BCUT2D eigenvalue weighted by atomic mass is 15.1. The van der Waals surface area contributed by atoms with Gasteiger partial charge in [0.25, 0.3) is 0 Å². The first-order valence-electron chi connectivity index (χ1n) is 23.8. The maximum Gasteiger partial charge on any atom is 0.0734 e. The van der Waals surface area contributed by atoms with Crippen molar-refractivity contribution in [3.8, 4) is 50.2 Å². The van der Waals surface area contributed by atoms with Gasteiger partial charge in [-0.2, -0.15) is 0 Å². The highest BCUT2D eigenvalue weighted by molar-refractivity contribution is 6.11. The first kappa shape index (κ1) is 40.3. The minimum atomic E-state index is -0.541. The fraction of sp³-hybridized carbons (Fsp3) is 0.0149. The molecule has 0 radical (unpaired) electrons. The van der Waals surface area contributed by atoms with Crippen molar-refractivity contribution in [2.45, 2.75) is 5.41 Å². The Labute approximate surface area is 403 Å². The number of aromatic nitrogens is 1. The van der Waals surface area contributed by atoms with Crippen LogP contribution >= 0.6 is 0 Å². The number of hydrogen-bond donors (Lipinski definition) is 0. The zero-order valence-corrected chi connectivity index (χ0v) is 38.0. The van der Waals surface area contributed by atoms with E-state index in [-0.39, 0.29) is 0 Å². The normalized spacial score (nSPS) is 12.5. The van der Waals surface area contributed by atoms with Gasteiger partial charge in [0.15, 0.2) is 0 Å². The summed E-state index contributed by atoms with van der Waals surface area (Å²) in [6, 6.07) is 102. The molecule has 0 fully saturated rings. The molecule has 0 unspecified atom stereocenters. The molecule has 2 heteroatoms. The molecule has 12 aromatic rings. The van der Waals surface area contributed by atoms with E-state index in [0.29, 0.717) is 0 Å². The molecule has 1 heterocycles. The van der Waals surface area contributed by atoms with Crippen molar-refractivity contribution in [2.75, 3.05) is 4.90 Å². The van der Waals surface area contributed by atoms with Crippen molar-refractivity contribution < 1.29 is 0 Å². The molecule has 1 aliphatic carbocycles. The van der Waals surface area contributed by atoms with Crippen LogP contribution in [0.15, 0.2) is 279 Å². The minimum absolute atomic E-state index is 0.541. The van der Waals surface area contributed by atoms with Gasteiger partial charge in [0.2, 0.25) is 0 Å². The lowest BCUT2D eigenvalue weighted by Gasteiger charge is -2.35. The predicted molar refractivity (Wildman–Crippen MR) is 289 cm³/mol. The molecule has 0 amide bonds. The average molecular weight is 879 g/mol. The molecule has 2 nitrogen and oxygen atoms in total. The number of rotatable bonds is 9. The van der Waals surface area contributed by atoms with Gasteiger partial charge in [-0.25, -0.2) is 0 Å². The lowest BCUT2D eigenvalue weighted by Crippen LogP contribution is -2.29. The second kappa shape index (κ2) is 16.7. The summed E-state index contributed by atoms with van der Waals surface area (Å²) < 4.78 is 2.52. The van der Waals surface area contributed by atoms with Crippen molar-refractivity contribution in [2.24, 2.45) is 0 Å². The van der Waals surface area contributed by atoms with E-state index in [1.165, 1.54) is 83.1 Å². The molecule has 324 valence electrons. The van der Waals surface area contributed by atoms with Gasteiger partial charge in [0, 0.05) is 33.3 Å². The Bertz CT molecular complexity index is 3780. The zero-order chi connectivity index (χ0) is 45.7. The largest absolute Gasteiger partial charge is 0.310 e. The van der Waals surface area contributed by atoms with Gasteiger partial charge in [-0.15, -0.1) is 0 Å². The van der Waals surface area contributed by atoms with E-state index < -0.39 is 5.41 Å². The van der Waals surface area contributed by atoms with Crippen LogP contribution in [0, 0.1) is 0 Å². The number of anilines is 3. The molecule has 0 aliphatic heterocycles. The van der Waals surface area contributed by atoms with E-state index in [1.54, 1.807) is 0 Å². The van der Waals surface area contributed by atoms with Gasteiger partial charge in [0.05, 0.1) is 27.8 Å². The number of nitrogens with zero attached hydrogens (tertiary/aromatic N) is 2. The molecule has 69 heavy (non-hydrogen) atoms. The molecule has 0 saturated heterocycles. The molecular formula is C67H46N2. The van der Waals surface area contributed by atoms with E-state index in [4.69, 9.17) is 0 Å². The highest BCUT2D eigenvalue weighted by Gasteiger charge is 2.48. The Morgan fingerprint density at radius 3 is 1.57 bits per heavy atom. The fourth-order valence-electron chi connectivity index (χ4n) is 11.3. The van der Waals surface area contributed by atoms with Gasteiger partial charge >= 0.3 is 0 Å².